The molecule has 0 aliphatic carbocycles. The van der Waals surface area contributed by atoms with Crippen LogP contribution in [0.1, 0.15) is 31.2 Å². The van der Waals surface area contributed by atoms with Crippen molar-refractivity contribution in [1.82, 2.24) is 15.0 Å². The number of ether oxygens (including phenoxy) is 1. The minimum atomic E-state index is -0.0186. The first-order valence-corrected chi connectivity index (χ1v) is 7.68. The molecule has 114 valence electrons. The normalized spacial score (nSPS) is 10.7. The Balaban J connectivity index is 2.11. The molecule has 0 saturated heterocycles. The van der Waals surface area contributed by atoms with Crippen molar-refractivity contribution in [3.8, 4) is 6.01 Å². The first-order valence-electron chi connectivity index (χ1n) is 6.80. The van der Waals surface area contributed by atoms with Gasteiger partial charge in [0.15, 0.2) is 0 Å². The maximum absolute atomic E-state index is 5.48. The number of nitrogens with zero attached hydrogens (tertiary/aromatic N) is 3. The zero-order chi connectivity index (χ0) is 15.2. The Kier molecular flexibility index (Phi) is 5.29. The molecule has 0 amide bonds. The van der Waals surface area contributed by atoms with E-state index < -0.39 is 0 Å². The third-order valence-electron chi connectivity index (χ3n) is 2.71. The van der Waals surface area contributed by atoms with Crippen LogP contribution in [-0.2, 0) is 13.0 Å². The zero-order valence-corrected chi connectivity index (χ0v) is 13.2. The van der Waals surface area contributed by atoms with E-state index in [9.17, 15) is 0 Å². The van der Waals surface area contributed by atoms with Crippen LogP contribution in [0.25, 0.3) is 0 Å². The highest BCUT2D eigenvalue weighted by atomic mass is 32.1. The summed E-state index contributed by atoms with van der Waals surface area (Å²) in [5.74, 6) is 6.07. The van der Waals surface area contributed by atoms with Gasteiger partial charge in [-0.05, 0) is 37.3 Å². The van der Waals surface area contributed by atoms with E-state index in [2.05, 4.69) is 44.1 Å². The Bertz CT molecular complexity index is 586. The Morgan fingerprint density at radius 2 is 2.05 bits per heavy atom. The summed E-state index contributed by atoms with van der Waals surface area (Å²) in [6.07, 6.45) is 0.990. The van der Waals surface area contributed by atoms with Gasteiger partial charge in [-0.3, -0.25) is 5.43 Å². The Labute approximate surface area is 128 Å². The van der Waals surface area contributed by atoms with E-state index in [-0.39, 0.29) is 18.1 Å². The van der Waals surface area contributed by atoms with Crippen LogP contribution in [-0.4, -0.2) is 21.1 Å². The van der Waals surface area contributed by atoms with Crippen molar-refractivity contribution in [2.45, 2.75) is 39.8 Å². The van der Waals surface area contributed by atoms with Gasteiger partial charge in [0.05, 0.1) is 12.6 Å². The molecule has 8 heteroatoms. The number of rotatable bonds is 7. The van der Waals surface area contributed by atoms with Gasteiger partial charge in [0.25, 0.3) is 0 Å². The van der Waals surface area contributed by atoms with Crippen molar-refractivity contribution in [2.24, 2.45) is 5.84 Å². The zero-order valence-electron chi connectivity index (χ0n) is 12.4. The molecule has 0 aliphatic heterocycles. The number of hydrazine groups is 1. The van der Waals surface area contributed by atoms with Crippen molar-refractivity contribution < 1.29 is 4.74 Å². The standard InChI is InChI=1S/C13H20N6OS/c1-4-9-5-6-21-10(9)7-15-11-16-12(19-14)18-13(17-11)20-8(2)3/h5-6,8H,4,7,14H2,1-3H3,(H2,15,16,17,18,19). The molecule has 21 heavy (non-hydrogen) atoms. The molecule has 2 aromatic rings. The SMILES string of the molecule is CCc1ccsc1CNc1nc(NN)nc(OC(C)C)n1. The molecular weight excluding hydrogens is 288 g/mol. The summed E-state index contributed by atoms with van der Waals surface area (Å²) in [6, 6.07) is 2.38. The van der Waals surface area contributed by atoms with E-state index in [4.69, 9.17) is 10.6 Å². The van der Waals surface area contributed by atoms with Crippen LogP contribution in [0.3, 0.4) is 0 Å². The molecule has 0 bridgehead atoms. The van der Waals surface area contributed by atoms with Crippen molar-refractivity contribution in [2.75, 3.05) is 10.7 Å². The van der Waals surface area contributed by atoms with Gasteiger partial charge >= 0.3 is 6.01 Å². The first-order chi connectivity index (χ1) is 10.1. The number of hydrogen-bond donors (Lipinski definition) is 3. The molecular formula is C13H20N6OS. The van der Waals surface area contributed by atoms with Crippen LogP contribution in [0.2, 0.25) is 0 Å². The molecule has 2 aromatic heterocycles. The van der Waals surface area contributed by atoms with Crippen LogP contribution in [0.4, 0.5) is 11.9 Å². The lowest BCUT2D eigenvalue weighted by molar-refractivity contribution is 0.222. The second-order valence-corrected chi connectivity index (χ2v) is 5.65. The van der Waals surface area contributed by atoms with Crippen LogP contribution >= 0.6 is 11.3 Å². The fourth-order valence-electron chi connectivity index (χ4n) is 1.76. The first kappa shape index (κ1) is 15.5. The third kappa shape index (κ3) is 4.27. The molecule has 0 saturated carbocycles. The molecule has 4 N–H and O–H groups in total. The minimum Gasteiger partial charge on any atom is -0.461 e. The van der Waals surface area contributed by atoms with Gasteiger partial charge in [0.2, 0.25) is 11.9 Å². The summed E-state index contributed by atoms with van der Waals surface area (Å²) in [5.41, 5.74) is 3.75. The van der Waals surface area contributed by atoms with E-state index in [0.717, 1.165) is 6.42 Å². The van der Waals surface area contributed by atoms with Crippen LogP contribution in [0.15, 0.2) is 11.4 Å². The van der Waals surface area contributed by atoms with Gasteiger partial charge < -0.3 is 10.1 Å². The highest BCUT2D eigenvalue weighted by molar-refractivity contribution is 7.10. The molecule has 2 heterocycles. The average Bonchev–Trinajstić information content (AvgIpc) is 2.91. The summed E-state index contributed by atoms with van der Waals surface area (Å²) in [6.45, 7) is 6.62. The van der Waals surface area contributed by atoms with Crippen molar-refractivity contribution in [1.29, 1.82) is 0 Å². The number of aromatic nitrogens is 3. The maximum atomic E-state index is 5.48. The lowest BCUT2D eigenvalue weighted by Crippen LogP contribution is -2.16. The molecule has 0 fully saturated rings. The van der Waals surface area contributed by atoms with Crippen LogP contribution in [0, 0.1) is 0 Å². The Morgan fingerprint density at radius 1 is 1.29 bits per heavy atom. The maximum Gasteiger partial charge on any atom is 0.323 e. The second kappa shape index (κ2) is 7.19. The van der Waals surface area contributed by atoms with Crippen molar-refractivity contribution >= 4 is 23.2 Å². The molecule has 7 nitrogen and oxygen atoms in total. The fraction of sp³-hybridized carbons (Fsp3) is 0.462. The van der Waals surface area contributed by atoms with Gasteiger partial charge in [-0.2, -0.15) is 15.0 Å². The Hall–Kier alpha value is -1.93. The molecule has 2 rings (SSSR count). The van der Waals surface area contributed by atoms with E-state index in [1.165, 1.54) is 10.4 Å². The van der Waals surface area contributed by atoms with Gasteiger partial charge in [0.1, 0.15) is 0 Å². The molecule has 0 atom stereocenters. The topological polar surface area (TPSA) is 98.0 Å². The predicted molar refractivity (Wildman–Crippen MR) is 84.4 cm³/mol. The smallest absolute Gasteiger partial charge is 0.323 e. The summed E-state index contributed by atoms with van der Waals surface area (Å²) in [4.78, 5) is 13.7. The third-order valence-corrected chi connectivity index (χ3v) is 3.67. The summed E-state index contributed by atoms with van der Waals surface area (Å²) in [7, 11) is 0. The number of aryl methyl sites for hydroxylation is 1. The minimum absolute atomic E-state index is 0.0186. The van der Waals surface area contributed by atoms with Gasteiger partial charge in [0, 0.05) is 4.88 Å². The van der Waals surface area contributed by atoms with E-state index in [1.807, 2.05) is 13.8 Å². The number of nitrogen functional groups attached to an aromatic ring is 1. The van der Waals surface area contributed by atoms with E-state index in [0.29, 0.717) is 12.5 Å². The summed E-state index contributed by atoms with van der Waals surface area (Å²) >= 11 is 1.71. The highest BCUT2D eigenvalue weighted by Crippen LogP contribution is 2.19. The van der Waals surface area contributed by atoms with Gasteiger partial charge in [-0.15, -0.1) is 11.3 Å². The van der Waals surface area contributed by atoms with Crippen LogP contribution in [0.5, 0.6) is 6.01 Å². The molecule has 0 aliphatic rings. The Morgan fingerprint density at radius 3 is 2.71 bits per heavy atom. The fourth-order valence-corrected chi connectivity index (χ4v) is 2.68. The summed E-state index contributed by atoms with van der Waals surface area (Å²) in [5, 5.41) is 5.27. The lowest BCUT2D eigenvalue weighted by atomic mass is 10.2. The van der Waals surface area contributed by atoms with E-state index in [1.54, 1.807) is 11.3 Å². The molecule has 0 unspecified atom stereocenters. The second-order valence-electron chi connectivity index (χ2n) is 4.65. The molecule has 0 radical (unpaired) electrons. The van der Waals surface area contributed by atoms with Crippen LogP contribution < -0.4 is 21.3 Å². The number of anilines is 2. The van der Waals surface area contributed by atoms with Gasteiger partial charge in [-0.1, -0.05) is 6.92 Å². The summed E-state index contributed by atoms with van der Waals surface area (Å²) < 4.78 is 5.48. The highest BCUT2D eigenvalue weighted by Gasteiger charge is 2.09. The lowest BCUT2D eigenvalue weighted by Gasteiger charge is -2.11. The van der Waals surface area contributed by atoms with E-state index >= 15 is 0 Å². The monoisotopic (exact) mass is 308 g/mol. The number of thiophene rings is 1. The average molecular weight is 308 g/mol. The predicted octanol–water partition coefficient (Wildman–Crippen LogP) is 2.18. The molecule has 0 spiro atoms. The number of nitrogens with two attached hydrogens (primary N) is 1. The van der Waals surface area contributed by atoms with Gasteiger partial charge in [-0.25, -0.2) is 5.84 Å². The molecule has 0 aromatic carbocycles. The largest absolute Gasteiger partial charge is 0.461 e. The quantitative estimate of drug-likeness (QED) is 0.532. The van der Waals surface area contributed by atoms with Crippen molar-refractivity contribution in [3.63, 3.8) is 0 Å². The number of hydrogen-bond acceptors (Lipinski definition) is 8. The van der Waals surface area contributed by atoms with Crippen molar-refractivity contribution in [3.05, 3.63) is 21.9 Å². The number of nitrogens with one attached hydrogen (secondary N) is 2.